The molecule has 2 aromatic rings. The molecule has 0 aliphatic carbocycles. The molecule has 0 aromatic heterocycles. The second-order valence-corrected chi connectivity index (χ2v) is 5.49. The minimum absolute atomic E-state index is 0.0283. The summed E-state index contributed by atoms with van der Waals surface area (Å²) in [6.45, 7) is 1.93. The van der Waals surface area contributed by atoms with Gasteiger partial charge in [0.15, 0.2) is 0 Å². The third-order valence-electron chi connectivity index (χ3n) is 2.49. The molecule has 6 heteroatoms. The summed E-state index contributed by atoms with van der Waals surface area (Å²) in [6, 6.07) is 11.1. The first-order valence-electron chi connectivity index (χ1n) is 5.48. The van der Waals surface area contributed by atoms with Crippen molar-refractivity contribution in [3.05, 3.63) is 48.0 Å². The van der Waals surface area contributed by atoms with Gasteiger partial charge in [0.1, 0.15) is 16.4 Å². The van der Waals surface area contributed by atoms with Crippen molar-refractivity contribution < 1.29 is 17.7 Å². The molecular weight excluding hydrogens is 266 g/mol. The number of aryl methyl sites for hydroxylation is 1. The van der Waals surface area contributed by atoms with Crippen molar-refractivity contribution in [3.8, 4) is 11.5 Å². The lowest BCUT2D eigenvalue weighted by molar-refractivity contribution is 0.450. The summed E-state index contributed by atoms with van der Waals surface area (Å²) in [5, 5.41) is 0. The van der Waals surface area contributed by atoms with Crippen molar-refractivity contribution in [1.82, 2.24) is 0 Å². The lowest BCUT2D eigenvalue weighted by atomic mass is 10.2. The van der Waals surface area contributed by atoms with Gasteiger partial charge in [-0.2, -0.15) is 8.42 Å². The molecule has 0 radical (unpaired) electrons. The normalized spacial score (nSPS) is 11.3. The van der Waals surface area contributed by atoms with Gasteiger partial charge in [0.2, 0.25) is 0 Å². The number of nitrogens with two attached hydrogens (primary N) is 1. The first kappa shape index (κ1) is 13.4. The van der Waals surface area contributed by atoms with Gasteiger partial charge in [-0.1, -0.05) is 17.7 Å². The minimum atomic E-state index is -4.39. The zero-order chi connectivity index (χ0) is 14.0. The molecule has 0 aliphatic heterocycles. The van der Waals surface area contributed by atoms with Crippen LogP contribution >= 0.6 is 0 Å². The molecular formula is C13H13NO4S. The summed E-state index contributed by atoms with van der Waals surface area (Å²) in [6.07, 6.45) is 0. The topological polar surface area (TPSA) is 89.6 Å². The van der Waals surface area contributed by atoms with Crippen molar-refractivity contribution in [2.24, 2.45) is 0 Å². The van der Waals surface area contributed by atoms with Crippen LogP contribution in [-0.2, 0) is 10.1 Å². The van der Waals surface area contributed by atoms with E-state index in [1.807, 2.05) is 19.1 Å². The van der Waals surface area contributed by atoms with E-state index in [0.29, 0.717) is 5.75 Å². The van der Waals surface area contributed by atoms with Crippen LogP contribution in [0.4, 0.5) is 5.69 Å². The lowest BCUT2D eigenvalue weighted by Crippen LogP contribution is -2.02. The molecule has 0 amide bonds. The second-order valence-electron chi connectivity index (χ2n) is 4.10. The van der Waals surface area contributed by atoms with E-state index >= 15 is 0 Å². The highest BCUT2D eigenvalue weighted by Gasteiger charge is 2.17. The molecule has 0 atom stereocenters. The SMILES string of the molecule is Cc1ccc(Oc2ccc(N)cc2S(=O)(=O)O)cc1. The van der Waals surface area contributed by atoms with Crippen molar-refractivity contribution >= 4 is 15.8 Å². The van der Waals surface area contributed by atoms with Gasteiger partial charge >= 0.3 is 0 Å². The molecule has 3 N–H and O–H groups in total. The van der Waals surface area contributed by atoms with Gasteiger partial charge in [-0.05, 0) is 37.3 Å². The van der Waals surface area contributed by atoms with Gasteiger partial charge in [-0.15, -0.1) is 0 Å². The van der Waals surface area contributed by atoms with Gasteiger partial charge in [0, 0.05) is 5.69 Å². The smallest absolute Gasteiger partial charge is 0.298 e. The second kappa shape index (κ2) is 4.91. The summed E-state index contributed by atoms with van der Waals surface area (Å²) in [5.74, 6) is 0.501. The summed E-state index contributed by atoms with van der Waals surface area (Å²) >= 11 is 0. The standard InChI is InChI=1S/C13H13NO4S/c1-9-2-5-11(6-3-9)18-12-7-4-10(14)8-13(12)19(15,16)17/h2-8H,14H2,1H3,(H,15,16,17). The van der Waals surface area contributed by atoms with Crippen LogP contribution in [0, 0.1) is 6.92 Å². The van der Waals surface area contributed by atoms with Crippen LogP contribution in [0.25, 0.3) is 0 Å². The molecule has 0 bridgehead atoms. The average Bonchev–Trinajstić information content (AvgIpc) is 2.33. The highest BCUT2D eigenvalue weighted by molar-refractivity contribution is 7.86. The molecule has 0 aliphatic rings. The van der Waals surface area contributed by atoms with Crippen LogP contribution in [0.2, 0.25) is 0 Å². The summed E-state index contributed by atoms with van der Waals surface area (Å²) in [5.41, 5.74) is 6.79. The Kier molecular flexibility index (Phi) is 3.46. The fraction of sp³-hybridized carbons (Fsp3) is 0.0769. The molecule has 5 nitrogen and oxygen atoms in total. The zero-order valence-corrected chi connectivity index (χ0v) is 11.0. The molecule has 19 heavy (non-hydrogen) atoms. The molecule has 0 fully saturated rings. The fourth-order valence-corrected chi connectivity index (χ4v) is 2.19. The van der Waals surface area contributed by atoms with Gasteiger partial charge in [-0.3, -0.25) is 4.55 Å². The van der Waals surface area contributed by atoms with Crippen molar-refractivity contribution in [3.63, 3.8) is 0 Å². The number of hydrogen-bond acceptors (Lipinski definition) is 4. The highest BCUT2D eigenvalue weighted by atomic mass is 32.2. The van der Waals surface area contributed by atoms with Gasteiger partial charge in [0.25, 0.3) is 10.1 Å². The Bertz CT molecular complexity index is 693. The Hall–Kier alpha value is -2.05. The molecule has 0 heterocycles. The number of hydrogen-bond donors (Lipinski definition) is 2. The van der Waals surface area contributed by atoms with Crippen molar-refractivity contribution in [2.75, 3.05) is 5.73 Å². The third kappa shape index (κ3) is 3.24. The van der Waals surface area contributed by atoms with Crippen LogP contribution in [0.3, 0.4) is 0 Å². The van der Waals surface area contributed by atoms with Crippen LogP contribution in [0.15, 0.2) is 47.4 Å². The summed E-state index contributed by atoms with van der Waals surface area (Å²) in [4.78, 5) is -0.354. The highest BCUT2D eigenvalue weighted by Crippen LogP contribution is 2.30. The van der Waals surface area contributed by atoms with Crippen molar-refractivity contribution in [2.45, 2.75) is 11.8 Å². The Morgan fingerprint density at radius 1 is 1.11 bits per heavy atom. The molecule has 0 saturated carbocycles. The molecule has 0 spiro atoms. The predicted octanol–water partition coefficient (Wildman–Crippen LogP) is 2.62. The fourth-order valence-electron chi connectivity index (χ4n) is 1.54. The van der Waals surface area contributed by atoms with E-state index < -0.39 is 10.1 Å². The maximum absolute atomic E-state index is 11.3. The van der Waals surface area contributed by atoms with Gasteiger partial charge < -0.3 is 10.5 Å². The Morgan fingerprint density at radius 3 is 2.32 bits per heavy atom. The Balaban J connectivity index is 2.43. The molecule has 100 valence electrons. The summed E-state index contributed by atoms with van der Waals surface area (Å²) in [7, 11) is -4.39. The first-order valence-corrected chi connectivity index (χ1v) is 6.92. The predicted molar refractivity (Wildman–Crippen MR) is 71.9 cm³/mol. The maximum Gasteiger partial charge on any atom is 0.298 e. The van der Waals surface area contributed by atoms with E-state index in [1.54, 1.807) is 12.1 Å². The van der Waals surface area contributed by atoms with Gasteiger partial charge in [0.05, 0.1) is 0 Å². The lowest BCUT2D eigenvalue weighted by Gasteiger charge is -2.10. The van der Waals surface area contributed by atoms with E-state index in [9.17, 15) is 8.42 Å². The first-order chi connectivity index (χ1) is 8.86. The zero-order valence-electron chi connectivity index (χ0n) is 10.2. The monoisotopic (exact) mass is 279 g/mol. The summed E-state index contributed by atoms with van der Waals surface area (Å²) < 4.78 is 37.1. The molecule has 2 aromatic carbocycles. The number of anilines is 1. The number of nitrogen functional groups attached to an aromatic ring is 1. The van der Waals surface area contributed by atoms with E-state index in [4.69, 9.17) is 15.0 Å². The Labute approximate surface area is 111 Å². The average molecular weight is 279 g/mol. The number of benzene rings is 2. The molecule has 0 saturated heterocycles. The van der Waals surface area contributed by atoms with Crippen LogP contribution in [0.1, 0.15) is 5.56 Å². The maximum atomic E-state index is 11.3. The van der Waals surface area contributed by atoms with Crippen LogP contribution in [0.5, 0.6) is 11.5 Å². The van der Waals surface area contributed by atoms with E-state index in [1.165, 1.54) is 12.1 Å². The molecule has 2 rings (SSSR count). The third-order valence-corrected chi connectivity index (χ3v) is 3.37. The van der Waals surface area contributed by atoms with Crippen molar-refractivity contribution in [1.29, 1.82) is 0 Å². The van der Waals surface area contributed by atoms with E-state index in [0.717, 1.165) is 11.6 Å². The number of rotatable bonds is 3. The van der Waals surface area contributed by atoms with E-state index in [-0.39, 0.29) is 16.3 Å². The van der Waals surface area contributed by atoms with Crippen LogP contribution < -0.4 is 10.5 Å². The van der Waals surface area contributed by atoms with Gasteiger partial charge in [-0.25, -0.2) is 0 Å². The largest absolute Gasteiger partial charge is 0.456 e. The molecule has 0 unspecified atom stereocenters. The van der Waals surface area contributed by atoms with Crippen LogP contribution in [-0.4, -0.2) is 13.0 Å². The quantitative estimate of drug-likeness (QED) is 0.666. The minimum Gasteiger partial charge on any atom is -0.456 e. The Morgan fingerprint density at radius 2 is 1.74 bits per heavy atom. The van der Waals surface area contributed by atoms with E-state index in [2.05, 4.69) is 0 Å². The number of ether oxygens (including phenoxy) is 1.